The number of nitrogens with one attached hydrogen (secondary N) is 1. The minimum atomic E-state index is -1.50. The molecule has 0 aromatic heterocycles. The van der Waals surface area contributed by atoms with E-state index in [0.717, 1.165) is 0 Å². The summed E-state index contributed by atoms with van der Waals surface area (Å²) >= 11 is 0. The maximum atomic E-state index is 12.4. The van der Waals surface area contributed by atoms with Crippen LogP contribution in [-0.4, -0.2) is 38.8 Å². The number of benzene rings is 2. The molecule has 0 aliphatic carbocycles. The molecular formula is C19H17NO6S. The third kappa shape index (κ3) is 4.40. The summed E-state index contributed by atoms with van der Waals surface area (Å²) in [5.41, 5.74) is 1.42. The lowest BCUT2D eigenvalue weighted by atomic mass is 10.1. The van der Waals surface area contributed by atoms with Crippen LogP contribution >= 0.6 is 0 Å². The summed E-state index contributed by atoms with van der Waals surface area (Å²) in [6.07, 6.45) is -0.604. The highest BCUT2D eigenvalue weighted by atomic mass is 32.2. The van der Waals surface area contributed by atoms with E-state index in [1.807, 2.05) is 0 Å². The van der Waals surface area contributed by atoms with E-state index < -0.39 is 22.9 Å². The van der Waals surface area contributed by atoms with Gasteiger partial charge in [0.25, 0.3) is 5.91 Å². The second kappa shape index (κ2) is 7.71. The van der Waals surface area contributed by atoms with Crippen molar-refractivity contribution in [1.82, 2.24) is 0 Å². The van der Waals surface area contributed by atoms with E-state index in [1.165, 1.54) is 18.2 Å². The van der Waals surface area contributed by atoms with E-state index in [1.54, 1.807) is 31.2 Å². The summed E-state index contributed by atoms with van der Waals surface area (Å²) < 4.78 is 17.7. The molecule has 2 atom stereocenters. The molecule has 8 heteroatoms. The standard InChI is InChI=1S/C19H17NO6S/c1-11-18(22)20-15-8-13(5-6-17(15)26-11)16(21)10-27(25)9-12-3-2-4-14(7-12)19(23)24/h2-8,11H,9-10H2,1H3,(H,20,22)(H,23,24). The zero-order valence-electron chi connectivity index (χ0n) is 14.4. The molecule has 2 aromatic rings. The summed E-state index contributed by atoms with van der Waals surface area (Å²) in [5.74, 6) is -1.35. The van der Waals surface area contributed by atoms with Crippen LogP contribution in [0.25, 0.3) is 0 Å². The first kappa shape index (κ1) is 18.8. The van der Waals surface area contributed by atoms with Gasteiger partial charge in [-0.15, -0.1) is 0 Å². The second-order valence-corrected chi connectivity index (χ2v) is 7.57. The molecule has 1 aliphatic heterocycles. The van der Waals surface area contributed by atoms with Crippen molar-refractivity contribution >= 4 is 34.1 Å². The van der Waals surface area contributed by atoms with Crippen LogP contribution in [0.2, 0.25) is 0 Å². The molecule has 1 aliphatic rings. The maximum Gasteiger partial charge on any atom is 0.335 e. The highest BCUT2D eigenvalue weighted by Crippen LogP contribution is 2.30. The third-order valence-electron chi connectivity index (χ3n) is 4.03. The Labute approximate surface area is 157 Å². The van der Waals surface area contributed by atoms with E-state index in [9.17, 15) is 18.6 Å². The Morgan fingerprint density at radius 3 is 2.70 bits per heavy atom. The van der Waals surface area contributed by atoms with E-state index in [2.05, 4.69) is 5.32 Å². The number of hydrogen-bond donors (Lipinski definition) is 2. The third-order valence-corrected chi connectivity index (χ3v) is 5.27. The van der Waals surface area contributed by atoms with Gasteiger partial charge in [0.05, 0.1) is 17.0 Å². The average Bonchev–Trinajstić information content (AvgIpc) is 2.62. The predicted molar refractivity (Wildman–Crippen MR) is 99.6 cm³/mol. The van der Waals surface area contributed by atoms with Crippen LogP contribution < -0.4 is 10.1 Å². The van der Waals surface area contributed by atoms with Gasteiger partial charge in [0, 0.05) is 22.1 Å². The topological polar surface area (TPSA) is 110 Å². The van der Waals surface area contributed by atoms with Gasteiger partial charge >= 0.3 is 5.97 Å². The summed E-state index contributed by atoms with van der Waals surface area (Å²) in [5, 5.41) is 11.7. The van der Waals surface area contributed by atoms with Crippen molar-refractivity contribution in [1.29, 1.82) is 0 Å². The minimum absolute atomic E-state index is 0.0785. The largest absolute Gasteiger partial charge is 0.479 e. The number of Topliss-reactive ketones (excluding diaryl/α,β-unsaturated/α-hetero) is 1. The Morgan fingerprint density at radius 2 is 1.96 bits per heavy atom. The van der Waals surface area contributed by atoms with E-state index in [0.29, 0.717) is 22.6 Å². The van der Waals surface area contributed by atoms with Crippen LogP contribution in [0.5, 0.6) is 5.75 Å². The molecule has 0 saturated heterocycles. The van der Waals surface area contributed by atoms with E-state index >= 15 is 0 Å². The van der Waals surface area contributed by atoms with Crippen molar-refractivity contribution in [3.05, 3.63) is 59.2 Å². The van der Waals surface area contributed by atoms with Crippen LogP contribution in [0.4, 0.5) is 5.69 Å². The maximum absolute atomic E-state index is 12.4. The van der Waals surface area contributed by atoms with Gasteiger partial charge in [-0.2, -0.15) is 0 Å². The monoisotopic (exact) mass is 387 g/mol. The molecule has 27 heavy (non-hydrogen) atoms. The molecular weight excluding hydrogens is 370 g/mol. The van der Waals surface area contributed by atoms with Crippen molar-refractivity contribution in [3.8, 4) is 5.75 Å². The molecule has 2 unspecified atom stereocenters. The fourth-order valence-corrected chi connectivity index (χ4v) is 3.76. The highest BCUT2D eigenvalue weighted by molar-refractivity contribution is 7.85. The Kier molecular flexibility index (Phi) is 5.36. The second-order valence-electron chi connectivity index (χ2n) is 6.12. The van der Waals surface area contributed by atoms with Crippen LogP contribution in [0, 0.1) is 0 Å². The molecule has 0 spiro atoms. The number of rotatable bonds is 6. The molecule has 2 N–H and O–H groups in total. The van der Waals surface area contributed by atoms with Gasteiger partial charge in [0.15, 0.2) is 11.9 Å². The zero-order chi connectivity index (χ0) is 19.6. The molecule has 1 amide bonds. The summed E-state index contributed by atoms with van der Waals surface area (Å²) in [6.45, 7) is 1.62. The molecule has 0 saturated carbocycles. The fourth-order valence-electron chi connectivity index (χ4n) is 2.64. The lowest BCUT2D eigenvalue weighted by molar-refractivity contribution is -0.122. The van der Waals surface area contributed by atoms with Crippen LogP contribution in [0.3, 0.4) is 0 Å². The lowest BCUT2D eigenvalue weighted by Crippen LogP contribution is -2.34. The highest BCUT2D eigenvalue weighted by Gasteiger charge is 2.24. The zero-order valence-corrected chi connectivity index (χ0v) is 15.2. The van der Waals surface area contributed by atoms with Crippen molar-refractivity contribution < 1.29 is 28.4 Å². The quantitative estimate of drug-likeness (QED) is 0.736. The Morgan fingerprint density at radius 1 is 1.19 bits per heavy atom. The number of carbonyl (C=O) groups excluding carboxylic acids is 2. The van der Waals surface area contributed by atoms with Crippen LogP contribution in [0.15, 0.2) is 42.5 Å². The Balaban J connectivity index is 1.68. The first-order chi connectivity index (χ1) is 12.8. The number of amides is 1. The van der Waals surface area contributed by atoms with Crippen LogP contribution in [0.1, 0.15) is 33.2 Å². The molecule has 3 rings (SSSR count). The molecule has 0 fully saturated rings. The Bertz CT molecular complexity index is 955. The van der Waals surface area contributed by atoms with E-state index in [4.69, 9.17) is 9.84 Å². The number of fused-ring (bicyclic) bond motifs is 1. The van der Waals surface area contributed by atoms with Gasteiger partial charge in [-0.1, -0.05) is 12.1 Å². The number of hydrogen-bond acceptors (Lipinski definition) is 5. The molecule has 2 aromatic carbocycles. The van der Waals surface area contributed by atoms with Gasteiger partial charge in [-0.25, -0.2) is 4.79 Å². The molecule has 140 valence electrons. The van der Waals surface area contributed by atoms with Gasteiger partial charge in [0.1, 0.15) is 5.75 Å². The Hall–Kier alpha value is -3.00. The SMILES string of the molecule is CC1Oc2ccc(C(=O)CS(=O)Cc3cccc(C(=O)O)c3)cc2NC1=O. The van der Waals surface area contributed by atoms with Crippen molar-refractivity contribution in [3.63, 3.8) is 0 Å². The van der Waals surface area contributed by atoms with E-state index in [-0.39, 0.29) is 28.8 Å². The number of ketones is 1. The lowest BCUT2D eigenvalue weighted by Gasteiger charge is -2.23. The van der Waals surface area contributed by atoms with Gasteiger partial charge < -0.3 is 15.2 Å². The molecule has 0 radical (unpaired) electrons. The summed E-state index contributed by atoms with van der Waals surface area (Å²) in [7, 11) is -1.50. The average molecular weight is 387 g/mol. The molecule has 0 bridgehead atoms. The van der Waals surface area contributed by atoms with Gasteiger partial charge in [-0.3, -0.25) is 13.8 Å². The number of ether oxygens (including phenoxy) is 1. The predicted octanol–water partition coefficient (Wildman–Crippen LogP) is 2.24. The molecule has 7 nitrogen and oxygen atoms in total. The number of carboxylic acid groups (broad SMARTS) is 1. The summed E-state index contributed by atoms with van der Waals surface area (Å²) in [4.78, 5) is 35.1. The van der Waals surface area contributed by atoms with Crippen molar-refractivity contribution in [2.75, 3.05) is 11.1 Å². The van der Waals surface area contributed by atoms with Gasteiger partial charge in [-0.05, 0) is 42.8 Å². The molecule has 1 heterocycles. The summed E-state index contributed by atoms with van der Waals surface area (Å²) in [6, 6.07) is 10.8. The number of anilines is 1. The van der Waals surface area contributed by atoms with Crippen molar-refractivity contribution in [2.45, 2.75) is 18.8 Å². The van der Waals surface area contributed by atoms with Crippen LogP contribution in [-0.2, 0) is 21.3 Å². The normalized spacial score (nSPS) is 16.6. The fraction of sp³-hybridized carbons (Fsp3) is 0.211. The van der Waals surface area contributed by atoms with Gasteiger partial charge in [0.2, 0.25) is 0 Å². The minimum Gasteiger partial charge on any atom is -0.479 e. The number of aromatic carboxylic acids is 1. The first-order valence-electron chi connectivity index (χ1n) is 8.15. The van der Waals surface area contributed by atoms with Crippen molar-refractivity contribution in [2.24, 2.45) is 0 Å². The number of carboxylic acids is 1. The number of carbonyl (C=O) groups is 3. The smallest absolute Gasteiger partial charge is 0.335 e. The first-order valence-corrected chi connectivity index (χ1v) is 9.64.